The van der Waals surface area contributed by atoms with Crippen molar-refractivity contribution in [3.05, 3.63) is 59.2 Å². The van der Waals surface area contributed by atoms with Crippen LogP contribution < -0.4 is 15.0 Å². The zero-order valence-corrected chi connectivity index (χ0v) is 17.0. The summed E-state index contributed by atoms with van der Waals surface area (Å²) in [7, 11) is 0. The van der Waals surface area contributed by atoms with Crippen LogP contribution in [0.15, 0.2) is 42.5 Å². The maximum atomic E-state index is 12.6. The van der Waals surface area contributed by atoms with E-state index in [1.165, 1.54) is 0 Å². The van der Waals surface area contributed by atoms with E-state index >= 15 is 0 Å². The number of nitrogens with zero attached hydrogens (tertiary/aromatic N) is 1. The minimum absolute atomic E-state index is 0.0192. The Bertz CT molecular complexity index is 866. The Kier molecular flexibility index (Phi) is 5.73. The van der Waals surface area contributed by atoms with Crippen molar-refractivity contribution in [3.63, 3.8) is 0 Å². The van der Waals surface area contributed by atoms with E-state index in [2.05, 4.69) is 32.2 Å². The van der Waals surface area contributed by atoms with Gasteiger partial charge >= 0.3 is 0 Å². The van der Waals surface area contributed by atoms with Gasteiger partial charge in [-0.15, -0.1) is 0 Å². The number of hydrogen-bond donors (Lipinski definition) is 1. The van der Waals surface area contributed by atoms with Crippen molar-refractivity contribution in [3.8, 4) is 5.75 Å². The van der Waals surface area contributed by atoms with Crippen LogP contribution in [0.25, 0.3) is 0 Å². The molecule has 2 amide bonds. The molecule has 3 rings (SSSR count). The lowest BCUT2D eigenvalue weighted by atomic mass is 9.86. The Labute approximate surface area is 166 Å². The van der Waals surface area contributed by atoms with Gasteiger partial charge in [0.05, 0.1) is 12.2 Å². The quantitative estimate of drug-likeness (QED) is 0.851. The molecule has 1 aliphatic rings. The molecule has 0 spiro atoms. The standard InChI is InChI=1S/C23H28N2O3/c1-5-12-24-22(27)17-8-6-16(7-9-17)14-25-19-13-18(23(2,3)4)10-11-20(19)28-15-21(25)26/h6-11,13H,5,12,14-15H2,1-4H3,(H,24,27). The number of carbonyl (C=O) groups is 2. The second-order valence-electron chi connectivity index (χ2n) is 8.15. The third-order valence-corrected chi connectivity index (χ3v) is 4.86. The molecule has 1 aliphatic heterocycles. The number of benzene rings is 2. The summed E-state index contributed by atoms with van der Waals surface area (Å²) in [6.45, 7) is 9.60. The average Bonchev–Trinajstić information content (AvgIpc) is 2.67. The van der Waals surface area contributed by atoms with Gasteiger partial charge in [0.15, 0.2) is 6.61 Å². The lowest BCUT2D eigenvalue weighted by Crippen LogP contribution is -2.38. The highest BCUT2D eigenvalue weighted by Gasteiger charge is 2.27. The van der Waals surface area contributed by atoms with Crippen molar-refractivity contribution < 1.29 is 14.3 Å². The van der Waals surface area contributed by atoms with Gasteiger partial charge in [0.25, 0.3) is 11.8 Å². The SMILES string of the molecule is CCCNC(=O)c1ccc(CN2C(=O)COc3ccc(C(C)(C)C)cc32)cc1. The van der Waals surface area contributed by atoms with E-state index in [0.29, 0.717) is 18.7 Å². The smallest absolute Gasteiger partial charge is 0.265 e. The van der Waals surface area contributed by atoms with E-state index in [1.54, 1.807) is 17.0 Å². The van der Waals surface area contributed by atoms with Gasteiger partial charge in [0.1, 0.15) is 5.75 Å². The van der Waals surface area contributed by atoms with Crippen LogP contribution in [-0.2, 0) is 16.8 Å². The van der Waals surface area contributed by atoms with Gasteiger partial charge in [-0.2, -0.15) is 0 Å². The van der Waals surface area contributed by atoms with Crippen LogP contribution in [0, 0.1) is 0 Å². The molecular formula is C23H28N2O3. The number of carbonyl (C=O) groups excluding carboxylic acids is 2. The lowest BCUT2D eigenvalue weighted by molar-refractivity contribution is -0.121. The van der Waals surface area contributed by atoms with Crippen molar-refractivity contribution in [1.82, 2.24) is 5.32 Å². The second kappa shape index (κ2) is 8.05. The van der Waals surface area contributed by atoms with E-state index in [9.17, 15) is 9.59 Å². The number of ether oxygens (including phenoxy) is 1. The summed E-state index contributed by atoms with van der Waals surface area (Å²) < 4.78 is 5.62. The van der Waals surface area contributed by atoms with Crippen molar-refractivity contribution >= 4 is 17.5 Å². The van der Waals surface area contributed by atoms with Gasteiger partial charge in [0, 0.05) is 12.1 Å². The van der Waals surface area contributed by atoms with E-state index in [0.717, 1.165) is 29.0 Å². The third-order valence-electron chi connectivity index (χ3n) is 4.86. The highest BCUT2D eigenvalue weighted by Crippen LogP contribution is 2.37. The molecule has 0 unspecified atom stereocenters. The summed E-state index contributed by atoms with van der Waals surface area (Å²) in [5.41, 5.74) is 3.52. The molecule has 0 saturated carbocycles. The number of hydrogen-bond acceptors (Lipinski definition) is 3. The molecule has 0 aliphatic carbocycles. The van der Waals surface area contributed by atoms with Gasteiger partial charge < -0.3 is 15.0 Å². The first-order valence-electron chi connectivity index (χ1n) is 9.74. The summed E-state index contributed by atoms with van der Waals surface area (Å²) in [5, 5.41) is 2.87. The maximum absolute atomic E-state index is 12.6. The predicted molar refractivity (Wildman–Crippen MR) is 111 cm³/mol. The molecule has 5 heteroatoms. The maximum Gasteiger partial charge on any atom is 0.265 e. The number of amides is 2. The first kappa shape index (κ1) is 19.9. The van der Waals surface area contributed by atoms with Gasteiger partial charge in [-0.1, -0.05) is 45.9 Å². The summed E-state index contributed by atoms with van der Waals surface area (Å²) in [5.74, 6) is 0.586. The minimum atomic E-state index is -0.0731. The Morgan fingerprint density at radius 1 is 1.14 bits per heavy atom. The Balaban J connectivity index is 1.83. The fourth-order valence-corrected chi connectivity index (χ4v) is 3.13. The van der Waals surface area contributed by atoms with Gasteiger partial charge in [0.2, 0.25) is 0 Å². The predicted octanol–water partition coefficient (Wildman–Crippen LogP) is 4.05. The zero-order valence-electron chi connectivity index (χ0n) is 17.0. The molecule has 1 heterocycles. The van der Waals surface area contributed by atoms with Gasteiger partial charge in [-0.3, -0.25) is 9.59 Å². The third kappa shape index (κ3) is 4.35. The highest BCUT2D eigenvalue weighted by atomic mass is 16.5. The molecule has 0 aromatic heterocycles. The Morgan fingerprint density at radius 2 is 1.86 bits per heavy atom. The molecular weight excluding hydrogens is 352 g/mol. The number of anilines is 1. The minimum Gasteiger partial charge on any atom is -0.482 e. The van der Waals surface area contributed by atoms with Crippen molar-refractivity contribution in [1.29, 1.82) is 0 Å². The number of fused-ring (bicyclic) bond motifs is 1. The monoisotopic (exact) mass is 380 g/mol. The van der Waals surface area contributed by atoms with Crippen LogP contribution in [-0.4, -0.2) is 25.0 Å². The summed E-state index contributed by atoms with van der Waals surface area (Å²) in [4.78, 5) is 26.4. The fraction of sp³-hybridized carbons (Fsp3) is 0.391. The van der Waals surface area contributed by atoms with Crippen LogP contribution in [0.2, 0.25) is 0 Å². The van der Waals surface area contributed by atoms with E-state index in [-0.39, 0.29) is 23.8 Å². The Hall–Kier alpha value is -2.82. The molecule has 2 aromatic carbocycles. The van der Waals surface area contributed by atoms with E-state index < -0.39 is 0 Å². The van der Waals surface area contributed by atoms with Crippen molar-refractivity contribution in [2.75, 3.05) is 18.1 Å². The molecule has 2 aromatic rings. The molecule has 0 fully saturated rings. The number of nitrogens with one attached hydrogen (secondary N) is 1. The summed E-state index contributed by atoms with van der Waals surface area (Å²) in [6.07, 6.45) is 0.902. The van der Waals surface area contributed by atoms with Crippen LogP contribution in [0.5, 0.6) is 5.75 Å². The first-order chi connectivity index (χ1) is 13.3. The van der Waals surface area contributed by atoms with Crippen LogP contribution in [0.1, 0.15) is 55.6 Å². The lowest BCUT2D eigenvalue weighted by Gasteiger charge is -2.31. The number of rotatable bonds is 5. The zero-order chi connectivity index (χ0) is 20.3. The molecule has 1 N–H and O–H groups in total. The highest BCUT2D eigenvalue weighted by molar-refractivity contribution is 5.98. The topological polar surface area (TPSA) is 58.6 Å². The molecule has 28 heavy (non-hydrogen) atoms. The molecule has 0 radical (unpaired) electrons. The first-order valence-corrected chi connectivity index (χ1v) is 9.74. The van der Waals surface area contributed by atoms with Crippen LogP contribution in [0.3, 0.4) is 0 Å². The summed E-state index contributed by atoms with van der Waals surface area (Å²) >= 11 is 0. The van der Waals surface area contributed by atoms with Crippen LogP contribution in [0.4, 0.5) is 5.69 Å². The van der Waals surface area contributed by atoms with E-state index in [4.69, 9.17) is 4.74 Å². The fourth-order valence-electron chi connectivity index (χ4n) is 3.13. The van der Waals surface area contributed by atoms with Crippen LogP contribution >= 0.6 is 0 Å². The normalized spacial score (nSPS) is 13.7. The largest absolute Gasteiger partial charge is 0.482 e. The molecule has 0 atom stereocenters. The molecule has 0 bridgehead atoms. The van der Waals surface area contributed by atoms with Gasteiger partial charge in [-0.05, 0) is 47.2 Å². The molecule has 5 nitrogen and oxygen atoms in total. The molecule has 0 saturated heterocycles. The Morgan fingerprint density at radius 3 is 2.50 bits per heavy atom. The average molecular weight is 380 g/mol. The van der Waals surface area contributed by atoms with Crippen molar-refractivity contribution in [2.45, 2.75) is 46.1 Å². The summed E-state index contributed by atoms with van der Waals surface area (Å²) in [6, 6.07) is 13.4. The second-order valence-corrected chi connectivity index (χ2v) is 8.15. The molecule has 148 valence electrons. The van der Waals surface area contributed by atoms with Crippen molar-refractivity contribution in [2.24, 2.45) is 0 Å². The van der Waals surface area contributed by atoms with E-state index in [1.807, 2.05) is 31.2 Å². The van der Waals surface area contributed by atoms with Gasteiger partial charge in [-0.25, -0.2) is 0 Å².